The summed E-state index contributed by atoms with van der Waals surface area (Å²) in [6.07, 6.45) is 5.82. The largest absolute Gasteiger partial charge is 0.357 e. The van der Waals surface area contributed by atoms with Gasteiger partial charge in [-0.15, -0.1) is 0 Å². The number of rotatable bonds is 6. The van der Waals surface area contributed by atoms with E-state index in [-0.39, 0.29) is 0 Å². The lowest BCUT2D eigenvalue weighted by Crippen LogP contribution is -2.34. The molecule has 0 N–H and O–H groups in total. The molecular weight excluding hydrogens is 307 g/mol. The average Bonchev–Trinajstić information content (AvgIpc) is 3.06. The van der Waals surface area contributed by atoms with Crippen LogP contribution in [0.3, 0.4) is 0 Å². The summed E-state index contributed by atoms with van der Waals surface area (Å²) in [4.78, 5) is 0. The van der Waals surface area contributed by atoms with Gasteiger partial charge in [0.25, 0.3) is 0 Å². The lowest BCUT2D eigenvalue weighted by Gasteiger charge is -2.45. The Hall–Kier alpha value is -1.15. The van der Waals surface area contributed by atoms with Crippen LogP contribution in [0.4, 0.5) is 0 Å². The number of benzene rings is 1. The Labute approximate surface area is 137 Å². The smallest absolute Gasteiger partial charge is 0.306 e. The van der Waals surface area contributed by atoms with Crippen LogP contribution in [0.25, 0.3) is 5.57 Å². The number of allylic oxidation sites excluding steroid dienone is 4. The summed E-state index contributed by atoms with van der Waals surface area (Å²) in [7, 11) is -3.20. The minimum absolute atomic E-state index is 0.337. The third-order valence-corrected chi connectivity index (χ3v) is 7.69. The van der Waals surface area contributed by atoms with Gasteiger partial charge in [-0.2, -0.15) is 0 Å². The molecule has 1 fully saturated rings. The van der Waals surface area contributed by atoms with E-state index >= 15 is 0 Å². The first-order valence-electron chi connectivity index (χ1n) is 8.57. The minimum atomic E-state index is -3.20. The molecule has 1 aromatic carbocycles. The first kappa shape index (κ1) is 15.4. The molecule has 0 aromatic heterocycles. The standard InChI is InChI=1S/C19H23O3P/c1-3-21-23(20,22-4-2)19-17(13-8-6-5-7-9-13)16-14-10-11-15(12-14)18(16)19/h5-11,14-16,18H,3-4,12H2,1-2H3/t14-,15+,16-,18-/m1/s1. The van der Waals surface area contributed by atoms with Crippen molar-refractivity contribution in [1.29, 1.82) is 0 Å². The molecule has 2 bridgehead atoms. The summed E-state index contributed by atoms with van der Waals surface area (Å²) in [6.45, 7) is 4.57. The predicted molar refractivity (Wildman–Crippen MR) is 91.9 cm³/mol. The first-order chi connectivity index (χ1) is 11.2. The van der Waals surface area contributed by atoms with Crippen molar-refractivity contribution in [2.75, 3.05) is 13.2 Å². The summed E-state index contributed by atoms with van der Waals surface area (Å²) in [5, 5.41) is 0.953. The van der Waals surface area contributed by atoms with Crippen molar-refractivity contribution >= 4 is 13.2 Å². The van der Waals surface area contributed by atoms with Crippen molar-refractivity contribution in [3.8, 4) is 0 Å². The van der Waals surface area contributed by atoms with Crippen LogP contribution in [0.2, 0.25) is 0 Å². The van der Waals surface area contributed by atoms with Gasteiger partial charge in [0.15, 0.2) is 0 Å². The molecule has 0 spiro atoms. The molecule has 3 aliphatic carbocycles. The van der Waals surface area contributed by atoms with E-state index in [1.807, 2.05) is 32.0 Å². The Kier molecular flexibility index (Phi) is 3.84. The summed E-state index contributed by atoms with van der Waals surface area (Å²) in [6, 6.07) is 10.3. The fraction of sp³-hybridized carbons (Fsp3) is 0.474. The normalized spacial score (nSPS) is 31.4. The Morgan fingerprint density at radius 3 is 2.22 bits per heavy atom. The maximum atomic E-state index is 13.5. The lowest BCUT2D eigenvalue weighted by atomic mass is 9.66. The van der Waals surface area contributed by atoms with E-state index in [1.165, 1.54) is 17.6 Å². The third kappa shape index (κ3) is 2.21. The van der Waals surface area contributed by atoms with Crippen LogP contribution in [0, 0.1) is 23.7 Å². The minimum Gasteiger partial charge on any atom is -0.306 e. The Morgan fingerprint density at radius 1 is 1.00 bits per heavy atom. The van der Waals surface area contributed by atoms with Crippen LogP contribution in [0.15, 0.2) is 47.8 Å². The highest BCUT2D eigenvalue weighted by molar-refractivity contribution is 7.59. The molecule has 4 rings (SSSR count). The highest BCUT2D eigenvalue weighted by atomic mass is 31.2. The van der Waals surface area contributed by atoms with E-state index in [1.54, 1.807) is 0 Å². The molecule has 0 saturated heterocycles. The highest BCUT2D eigenvalue weighted by Gasteiger charge is 2.60. The van der Waals surface area contributed by atoms with Gasteiger partial charge < -0.3 is 9.05 Å². The molecule has 1 aromatic rings. The zero-order valence-corrected chi connectivity index (χ0v) is 14.5. The van der Waals surface area contributed by atoms with Gasteiger partial charge in [0.05, 0.1) is 18.5 Å². The van der Waals surface area contributed by atoms with Gasteiger partial charge in [0.2, 0.25) is 0 Å². The average molecular weight is 330 g/mol. The molecule has 0 amide bonds. The van der Waals surface area contributed by atoms with Crippen LogP contribution in [-0.4, -0.2) is 13.2 Å². The first-order valence-corrected chi connectivity index (χ1v) is 10.1. The zero-order valence-electron chi connectivity index (χ0n) is 13.6. The zero-order chi connectivity index (χ0) is 16.0. The van der Waals surface area contributed by atoms with Crippen molar-refractivity contribution in [3.63, 3.8) is 0 Å². The highest BCUT2D eigenvalue weighted by Crippen LogP contribution is 2.75. The summed E-state index contributed by atoms with van der Waals surface area (Å²) in [5.74, 6) is 1.91. The van der Waals surface area contributed by atoms with E-state index in [0.29, 0.717) is 36.9 Å². The second kappa shape index (κ2) is 5.73. The maximum absolute atomic E-state index is 13.5. The van der Waals surface area contributed by atoms with E-state index in [0.717, 1.165) is 5.31 Å². The topological polar surface area (TPSA) is 35.5 Å². The summed E-state index contributed by atoms with van der Waals surface area (Å²) >= 11 is 0. The SMILES string of the molecule is CCOP(=O)(OCC)C1=C(c2ccccc2)[C@@H]2[C@H]1[C@H]1C=C[C@@H]2C1. The van der Waals surface area contributed by atoms with Gasteiger partial charge in [-0.05, 0) is 49.2 Å². The van der Waals surface area contributed by atoms with Gasteiger partial charge in [-0.25, -0.2) is 0 Å². The molecule has 0 radical (unpaired) electrons. The van der Waals surface area contributed by atoms with Crippen molar-refractivity contribution in [2.24, 2.45) is 23.7 Å². The molecular formula is C19H23O3P. The van der Waals surface area contributed by atoms with Gasteiger partial charge in [0.1, 0.15) is 0 Å². The van der Waals surface area contributed by atoms with Crippen LogP contribution < -0.4 is 0 Å². The quantitative estimate of drug-likeness (QED) is 0.537. The van der Waals surface area contributed by atoms with Crippen molar-refractivity contribution in [1.82, 2.24) is 0 Å². The van der Waals surface area contributed by atoms with E-state index in [2.05, 4.69) is 24.3 Å². The van der Waals surface area contributed by atoms with Crippen LogP contribution in [0.5, 0.6) is 0 Å². The molecule has 1 saturated carbocycles. The molecule has 4 heteroatoms. The van der Waals surface area contributed by atoms with Crippen molar-refractivity contribution in [2.45, 2.75) is 20.3 Å². The Morgan fingerprint density at radius 2 is 1.61 bits per heavy atom. The van der Waals surface area contributed by atoms with Crippen molar-refractivity contribution < 1.29 is 13.6 Å². The lowest BCUT2D eigenvalue weighted by molar-refractivity contribution is 0.217. The molecule has 23 heavy (non-hydrogen) atoms. The molecule has 0 unspecified atom stereocenters. The van der Waals surface area contributed by atoms with Gasteiger partial charge in [0, 0.05) is 5.92 Å². The van der Waals surface area contributed by atoms with Crippen LogP contribution in [0.1, 0.15) is 25.8 Å². The molecule has 0 heterocycles. The molecule has 3 nitrogen and oxygen atoms in total. The summed E-state index contributed by atoms with van der Waals surface area (Å²) in [5.41, 5.74) is 2.39. The molecule has 4 atom stereocenters. The fourth-order valence-electron chi connectivity index (χ4n) is 4.65. The third-order valence-electron chi connectivity index (χ3n) is 5.36. The van der Waals surface area contributed by atoms with Gasteiger partial charge in [-0.1, -0.05) is 42.5 Å². The predicted octanol–water partition coefficient (Wildman–Crippen LogP) is 5.12. The van der Waals surface area contributed by atoms with Crippen LogP contribution >= 0.6 is 7.60 Å². The van der Waals surface area contributed by atoms with E-state index in [4.69, 9.17) is 9.05 Å². The van der Waals surface area contributed by atoms with E-state index in [9.17, 15) is 4.57 Å². The van der Waals surface area contributed by atoms with E-state index < -0.39 is 7.60 Å². The second-order valence-corrected chi connectivity index (χ2v) is 8.49. The van der Waals surface area contributed by atoms with Crippen molar-refractivity contribution in [3.05, 3.63) is 53.4 Å². The van der Waals surface area contributed by atoms with Gasteiger partial charge in [-0.3, -0.25) is 4.57 Å². The number of fused-ring (bicyclic) bond motifs is 5. The maximum Gasteiger partial charge on any atom is 0.357 e. The van der Waals surface area contributed by atoms with Gasteiger partial charge >= 0.3 is 7.60 Å². The molecule has 0 aliphatic heterocycles. The number of hydrogen-bond acceptors (Lipinski definition) is 3. The fourth-order valence-corrected chi connectivity index (χ4v) is 6.97. The Balaban J connectivity index is 1.84. The number of hydrogen-bond donors (Lipinski definition) is 0. The molecule has 3 aliphatic rings. The molecule has 122 valence electrons. The summed E-state index contributed by atoms with van der Waals surface area (Å²) < 4.78 is 24.9. The monoisotopic (exact) mass is 330 g/mol. The second-order valence-electron chi connectivity index (χ2n) is 6.50. The Bertz CT molecular complexity index is 697. The van der Waals surface area contributed by atoms with Crippen LogP contribution in [-0.2, 0) is 13.6 Å².